The van der Waals surface area contributed by atoms with E-state index in [2.05, 4.69) is 15.9 Å². The van der Waals surface area contributed by atoms with Crippen molar-refractivity contribution in [3.8, 4) is 0 Å². The lowest BCUT2D eigenvalue weighted by molar-refractivity contribution is 0.0788. The smallest absolute Gasteiger partial charge is 0.264 e. The molecule has 0 heterocycles. The Morgan fingerprint density at radius 3 is 2.48 bits per heavy atom. The van der Waals surface area contributed by atoms with E-state index in [1.54, 1.807) is 7.05 Å². The van der Waals surface area contributed by atoms with E-state index in [9.17, 15) is 17.6 Å². The Kier molecular flexibility index (Phi) is 6.19. The van der Waals surface area contributed by atoms with Crippen LogP contribution in [-0.2, 0) is 9.05 Å². The van der Waals surface area contributed by atoms with Gasteiger partial charge in [0.15, 0.2) is 0 Å². The van der Waals surface area contributed by atoms with Crippen LogP contribution in [0.2, 0.25) is 0 Å². The van der Waals surface area contributed by atoms with E-state index in [0.29, 0.717) is 12.5 Å². The average Bonchev–Trinajstić information content (AvgIpc) is 2.33. The van der Waals surface area contributed by atoms with E-state index in [0.717, 1.165) is 18.6 Å². The summed E-state index contributed by atoms with van der Waals surface area (Å²) in [5.41, 5.74) is 0.0573. The molecule has 0 bridgehead atoms. The predicted octanol–water partition coefficient (Wildman–Crippen LogP) is 3.63. The van der Waals surface area contributed by atoms with Gasteiger partial charge in [0.2, 0.25) is 0 Å². The molecule has 0 saturated heterocycles. The maximum atomic E-state index is 13.6. The Morgan fingerprint density at radius 2 is 2.00 bits per heavy atom. The van der Waals surface area contributed by atoms with Gasteiger partial charge in [0.1, 0.15) is 10.7 Å². The highest BCUT2D eigenvalue weighted by Crippen LogP contribution is 2.27. The monoisotopic (exact) mass is 399 g/mol. The fourth-order valence-corrected chi connectivity index (χ4v) is 3.03. The van der Waals surface area contributed by atoms with Crippen LogP contribution in [0.4, 0.5) is 4.39 Å². The van der Waals surface area contributed by atoms with Crippen molar-refractivity contribution in [3.05, 3.63) is 28.0 Å². The van der Waals surface area contributed by atoms with Gasteiger partial charge in [-0.25, -0.2) is 12.8 Å². The molecule has 0 atom stereocenters. The van der Waals surface area contributed by atoms with Gasteiger partial charge in [0, 0.05) is 28.7 Å². The molecule has 1 rings (SSSR count). The van der Waals surface area contributed by atoms with Crippen molar-refractivity contribution in [2.45, 2.75) is 25.2 Å². The highest BCUT2D eigenvalue weighted by molar-refractivity contribution is 9.10. The standard InChI is InChI=1S/C13H16BrClFNO3S/c1-8(2)4-5-17(3)13(18)9-6-12(21(15,19)20)11(16)7-10(9)14/h6-8H,4-5H2,1-3H3. The minimum Gasteiger partial charge on any atom is -0.342 e. The number of amides is 1. The molecule has 4 nitrogen and oxygen atoms in total. The molecule has 0 radical (unpaired) electrons. The maximum absolute atomic E-state index is 13.6. The van der Waals surface area contributed by atoms with Crippen LogP contribution < -0.4 is 0 Å². The lowest BCUT2D eigenvalue weighted by atomic mass is 10.1. The quantitative estimate of drug-likeness (QED) is 0.709. The van der Waals surface area contributed by atoms with Crippen molar-refractivity contribution in [1.29, 1.82) is 0 Å². The van der Waals surface area contributed by atoms with E-state index in [1.165, 1.54) is 4.90 Å². The zero-order valence-corrected chi connectivity index (χ0v) is 15.0. The SMILES string of the molecule is CC(C)CCN(C)C(=O)c1cc(S(=O)(=O)Cl)c(F)cc1Br. The Morgan fingerprint density at radius 1 is 1.43 bits per heavy atom. The summed E-state index contributed by atoms with van der Waals surface area (Å²) in [4.78, 5) is 13.1. The van der Waals surface area contributed by atoms with E-state index in [1.807, 2.05) is 13.8 Å². The molecule has 1 aromatic carbocycles. The normalized spacial score (nSPS) is 11.8. The number of rotatable bonds is 5. The van der Waals surface area contributed by atoms with Crippen molar-refractivity contribution in [2.24, 2.45) is 5.92 Å². The second-order valence-corrected chi connectivity index (χ2v) is 8.50. The fraction of sp³-hybridized carbons (Fsp3) is 0.462. The first kappa shape index (κ1) is 18.4. The molecule has 0 unspecified atom stereocenters. The molecule has 8 heteroatoms. The summed E-state index contributed by atoms with van der Waals surface area (Å²) in [6.45, 7) is 4.58. The lowest BCUT2D eigenvalue weighted by Crippen LogP contribution is -2.29. The van der Waals surface area contributed by atoms with Crippen LogP contribution in [0.5, 0.6) is 0 Å². The average molecular weight is 401 g/mol. The number of hydrogen-bond donors (Lipinski definition) is 0. The van der Waals surface area contributed by atoms with Gasteiger partial charge in [-0.3, -0.25) is 4.79 Å². The largest absolute Gasteiger partial charge is 0.342 e. The first-order chi connectivity index (χ1) is 9.54. The van der Waals surface area contributed by atoms with Crippen LogP contribution >= 0.6 is 26.6 Å². The molecule has 0 aliphatic carbocycles. The van der Waals surface area contributed by atoms with Crippen LogP contribution in [0.1, 0.15) is 30.6 Å². The van der Waals surface area contributed by atoms with Gasteiger partial charge < -0.3 is 4.90 Å². The van der Waals surface area contributed by atoms with E-state index in [-0.39, 0.29) is 10.0 Å². The summed E-state index contributed by atoms with van der Waals surface area (Å²) in [7, 11) is 2.52. The number of hydrogen-bond acceptors (Lipinski definition) is 3. The van der Waals surface area contributed by atoms with E-state index in [4.69, 9.17) is 10.7 Å². The van der Waals surface area contributed by atoms with Crippen LogP contribution in [-0.4, -0.2) is 32.8 Å². The van der Waals surface area contributed by atoms with Gasteiger partial charge >= 0.3 is 0 Å². The highest BCUT2D eigenvalue weighted by Gasteiger charge is 2.23. The molecule has 1 aromatic rings. The lowest BCUT2D eigenvalue weighted by Gasteiger charge is -2.19. The third kappa shape index (κ3) is 4.93. The molecule has 0 aromatic heterocycles. The highest BCUT2D eigenvalue weighted by atomic mass is 79.9. The van der Waals surface area contributed by atoms with Crippen molar-refractivity contribution < 1.29 is 17.6 Å². The first-order valence-electron chi connectivity index (χ1n) is 6.23. The van der Waals surface area contributed by atoms with Crippen molar-refractivity contribution in [3.63, 3.8) is 0 Å². The second-order valence-electron chi connectivity index (χ2n) is 5.11. The third-order valence-electron chi connectivity index (χ3n) is 2.90. The van der Waals surface area contributed by atoms with Gasteiger partial charge in [0.25, 0.3) is 15.0 Å². The van der Waals surface area contributed by atoms with Gasteiger partial charge in [-0.15, -0.1) is 0 Å². The van der Waals surface area contributed by atoms with Gasteiger partial charge in [-0.2, -0.15) is 0 Å². The van der Waals surface area contributed by atoms with Gasteiger partial charge in [-0.1, -0.05) is 13.8 Å². The number of benzene rings is 1. The summed E-state index contributed by atoms with van der Waals surface area (Å²) >= 11 is 3.07. The van der Waals surface area contributed by atoms with Crippen molar-refractivity contribution >= 4 is 41.6 Å². The number of carbonyl (C=O) groups is 1. The molecule has 1 amide bonds. The summed E-state index contributed by atoms with van der Waals surface area (Å²) in [6.07, 6.45) is 0.807. The zero-order valence-electron chi connectivity index (χ0n) is 11.9. The fourth-order valence-electron chi connectivity index (χ4n) is 1.64. The van der Waals surface area contributed by atoms with Crippen LogP contribution in [0, 0.1) is 11.7 Å². The minimum absolute atomic E-state index is 0.0573. The van der Waals surface area contributed by atoms with Crippen molar-refractivity contribution in [1.82, 2.24) is 4.90 Å². The molecule has 0 aliphatic rings. The van der Waals surface area contributed by atoms with E-state index < -0.39 is 25.7 Å². The summed E-state index contributed by atoms with van der Waals surface area (Å²) in [6, 6.07) is 1.88. The molecule has 0 spiro atoms. The zero-order chi connectivity index (χ0) is 16.4. The number of halogens is 3. The Balaban J connectivity index is 3.16. The number of carbonyl (C=O) groups excluding carboxylic acids is 1. The summed E-state index contributed by atoms with van der Waals surface area (Å²) in [5, 5.41) is 0. The number of nitrogens with zero attached hydrogens (tertiary/aromatic N) is 1. The van der Waals surface area contributed by atoms with Gasteiger partial charge in [-0.05, 0) is 40.4 Å². The topological polar surface area (TPSA) is 54.5 Å². The molecule has 0 N–H and O–H groups in total. The Hall–Kier alpha value is -0.660. The first-order valence-corrected chi connectivity index (χ1v) is 9.33. The van der Waals surface area contributed by atoms with Gasteiger partial charge in [0.05, 0.1) is 5.56 Å². The predicted molar refractivity (Wildman–Crippen MR) is 83.6 cm³/mol. The minimum atomic E-state index is -4.25. The molecule has 0 aliphatic heterocycles. The summed E-state index contributed by atoms with van der Waals surface area (Å²) < 4.78 is 36.4. The van der Waals surface area contributed by atoms with E-state index >= 15 is 0 Å². The molecule has 21 heavy (non-hydrogen) atoms. The van der Waals surface area contributed by atoms with Crippen LogP contribution in [0.3, 0.4) is 0 Å². The molecule has 0 saturated carbocycles. The van der Waals surface area contributed by atoms with Crippen molar-refractivity contribution in [2.75, 3.05) is 13.6 Å². The third-order valence-corrected chi connectivity index (χ3v) is 4.90. The molecule has 118 valence electrons. The molecule has 0 fully saturated rings. The molecular formula is C13H16BrClFNO3S. The van der Waals surface area contributed by atoms with Crippen LogP contribution in [0.25, 0.3) is 0 Å². The maximum Gasteiger partial charge on any atom is 0.264 e. The Labute approximate surface area is 136 Å². The second kappa shape index (κ2) is 7.07. The summed E-state index contributed by atoms with van der Waals surface area (Å²) in [5.74, 6) is -0.974. The van der Waals surface area contributed by atoms with Crippen LogP contribution in [0.15, 0.2) is 21.5 Å². The molecular weight excluding hydrogens is 385 g/mol. The Bertz CT molecular complexity index is 649.